The Kier molecular flexibility index (Phi) is 4.26. The molecule has 0 atom stereocenters. The summed E-state index contributed by atoms with van der Waals surface area (Å²) in [4.78, 5) is 4.44. The molecule has 6 heteroatoms. The minimum absolute atomic E-state index is 0.191. The highest BCUT2D eigenvalue weighted by molar-refractivity contribution is 5.39. The molecule has 1 aliphatic heterocycles. The van der Waals surface area contributed by atoms with Crippen LogP contribution in [0.5, 0.6) is 0 Å². The first-order chi connectivity index (χ1) is 10.7. The van der Waals surface area contributed by atoms with Crippen molar-refractivity contribution in [2.45, 2.75) is 6.54 Å². The van der Waals surface area contributed by atoms with Crippen LogP contribution in [0.2, 0.25) is 0 Å². The average molecular weight is 297 g/mol. The number of nitriles is 1. The first kappa shape index (κ1) is 14.4. The van der Waals surface area contributed by atoms with E-state index in [-0.39, 0.29) is 5.82 Å². The molecule has 1 saturated heterocycles. The predicted molar refractivity (Wildman–Crippen MR) is 80.6 cm³/mol. The van der Waals surface area contributed by atoms with Crippen molar-refractivity contribution in [2.75, 3.05) is 31.1 Å². The van der Waals surface area contributed by atoms with Crippen LogP contribution in [0, 0.1) is 17.1 Å². The second-order valence-electron chi connectivity index (χ2n) is 5.28. The van der Waals surface area contributed by atoms with Crippen molar-refractivity contribution >= 4 is 5.82 Å². The van der Waals surface area contributed by atoms with Crippen molar-refractivity contribution < 1.29 is 4.39 Å². The van der Waals surface area contributed by atoms with Gasteiger partial charge < -0.3 is 4.90 Å². The van der Waals surface area contributed by atoms with Gasteiger partial charge in [0.25, 0.3) is 0 Å². The Morgan fingerprint density at radius 2 is 1.91 bits per heavy atom. The van der Waals surface area contributed by atoms with Gasteiger partial charge >= 0.3 is 0 Å². The van der Waals surface area contributed by atoms with Gasteiger partial charge in [-0.3, -0.25) is 4.90 Å². The minimum atomic E-state index is -0.191. The zero-order chi connectivity index (χ0) is 15.4. The van der Waals surface area contributed by atoms with E-state index in [1.807, 2.05) is 18.2 Å². The molecule has 5 nitrogen and oxygen atoms in total. The summed E-state index contributed by atoms with van der Waals surface area (Å²) in [6, 6.07) is 12.2. The molecule has 0 amide bonds. The van der Waals surface area contributed by atoms with E-state index in [0.29, 0.717) is 5.69 Å². The van der Waals surface area contributed by atoms with E-state index >= 15 is 0 Å². The molecule has 1 aromatic heterocycles. The van der Waals surface area contributed by atoms with Crippen LogP contribution >= 0.6 is 0 Å². The summed E-state index contributed by atoms with van der Waals surface area (Å²) in [7, 11) is 0. The molecule has 0 saturated carbocycles. The smallest absolute Gasteiger partial charge is 0.163 e. The Hall–Kier alpha value is -2.52. The van der Waals surface area contributed by atoms with Crippen LogP contribution in [0.4, 0.5) is 10.2 Å². The van der Waals surface area contributed by atoms with E-state index in [1.54, 1.807) is 18.2 Å². The van der Waals surface area contributed by atoms with Gasteiger partial charge in [-0.25, -0.2) is 4.39 Å². The van der Waals surface area contributed by atoms with Crippen LogP contribution in [0.25, 0.3) is 0 Å². The maximum Gasteiger partial charge on any atom is 0.163 e. The lowest BCUT2D eigenvalue weighted by Crippen LogP contribution is -2.46. The number of hydrogen-bond acceptors (Lipinski definition) is 5. The largest absolute Gasteiger partial charge is 0.353 e. The number of nitrogens with zero attached hydrogens (tertiary/aromatic N) is 5. The Morgan fingerprint density at radius 1 is 1.09 bits per heavy atom. The summed E-state index contributed by atoms with van der Waals surface area (Å²) in [5.41, 5.74) is 1.32. The molecule has 0 unspecified atom stereocenters. The van der Waals surface area contributed by atoms with Crippen molar-refractivity contribution in [2.24, 2.45) is 0 Å². The standard InChI is InChI=1S/C16H16FN5/c17-14-3-1-2-13(10-14)12-21-6-8-22(9-7-21)16-5-4-15(11-18)19-20-16/h1-5,10H,6-9,12H2. The Labute approximate surface area is 128 Å². The van der Waals surface area contributed by atoms with Crippen LogP contribution in [-0.4, -0.2) is 41.3 Å². The number of piperazine rings is 1. The summed E-state index contributed by atoms with van der Waals surface area (Å²) < 4.78 is 13.2. The number of rotatable bonds is 3. The van der Waals surface area contributed by atoms with E-state index in [2.05, 4.69) is 20.0 Å². The molecule has 0 spiro atoms. The van der Waals surface area contributed by atoms with Gasteiger partial charge in [-0.05, 0) is 29.8 Å². The van der Waals surface area contributed by atoms with Gasteiger partial charge in [0.1, 0.15) is 11.9 Å². The Balaban J connectivity index is 1.57. The zero-order valence-corrected chi connectivity index (χ0v) is 12.1. The van der Waals surface area contributed by atoms with E-state index in [4.69, 9.17) is 5.26 Å². The van der Waals surface area contributed by atoms with Crippen molar-refractivity contribution in [1.29, 1.82) is 5.26 Å². The van der Waals surface area contributed by atoms with Gasteiger partial charge in [0, 0.05) is 32.7 Å². The first-order valence-electron chi connectivity index (χ1n) is 7.20. The van der Waals surface area contributed by atoms with Gasteiger partial charge in [-0.1, -0.05) is 12.1 Å². The van der Waals surface area contributed by atoms with Crippen LogP contribution in [0.3, 0.4) is 0 Å². The fraction of sp³-hybridized carbons (Fsp3) is 0.312. The van der Waals surface area contributed by atoms with Crippen molar-refractivity contribution in [3.05, 3.63) is 53.5 Å². The minimum Gasteiger partial charge on any atom is -0.353 e. The average Bonchev–Trinajstić information content (AvgIpc) is 2.56. The molecule has 22 heavy (non-hydrogen) atoms. The molecule has 1 fully saturated rings. The van der Waals surface area contributed by atoms with Crippen LogP contribution in [-0.2, 0) is 6.54 Å². The third kappa shape index (κ3) is 3.38. The molecule has 0 N–H and O–H groups in total. The quantitative estimate of drug-likeness (QED) is 0.865. The fourth-order valence-corrected chi connectivity index (χ4v) is 2.58. The van der Waals surface area contributed by atoms with Crippen molar-refractivity contribution in [3.8, 4) is 6.07 Å². The second-order valence-corrected chi connectivity index (χ2v) is 5.28. The molecule has 0 radical (unpaired) electrons. The topological polar surface area (TPSA) is 56.1 Å². The van der Waals surface area contributed by atoms with E-state index < -0.39 is 0 Å². The van der Waals surface area contributed by atoms with Crippen LogP contribution in [0.15, 0.2) is 36.4 Å². The SMILES string of the molecule is N#Cc1ccc(N2CCN(Cc3cccc(F)c3)CC2)nn1. The van der Waals surface area contributed by atoms with Gasteiger partial charge in [0.2, 0.25) is 0 Å². The molecular formula is C16H16FN5. The number of anilines is 1. The predicted octanol–water partition coefficient (Wildman–Crippen LogP) is 1.81. The molecule has 2 heterocycles. The highest BCUT2D eigenvalue weighted by Gasteiger charge is 2.18. The van der Waals surface area contributed by atoms with Gasteiger partial charge in [-0.2, -0.15) is 5.26 Å². The third-order valence-corrected chi connectivity index (χ3v) is 3.76. The molecule has 3 rings (SSSR count). The van der Waals surface area contributed by atoms with Crippen LogP contribution in [0.1, 0.15) is 11.3 Å². The molecule has 1 aliphatic rings. The van der Waals surface area contributed by atoms with E-state index in [9.17, 15) is 4.39 Å². The fourth-order valence-electron chi connectivity index (χ4n) is 2.58. The second kappa shape index (κ2) is 6.50. The third-order valence-electron chi connectivity index (χ3n) is 3.76. The highest BCUT2D eigenvalue weighted by Crippen LogP contribution is 2.15. The zero-order valence-electron chi connectivity index (χ0n) is 12.1. The normalized spacial score (nSPS) is 15.5. The number of aromatic nitrogens is 2. The lowest BCUT2D eigenvalue weighted by molar-refractivity contribution is 0.249. The lowest BCUT2D eigenvalue weighted by Gasteiger charge is -2.35. The van der Waals surface area contributed by atoms with Gasteiger partial charge in [-0.15, -0.1) is 10.2 Å². The Morgan fingerprint density at radius 3 is 2.55 bits per heavy atom. The number of hydrogen-bond donors (Lipinski definition) is 0. The van der Waals surface area contributed by atoms with E-state index in [0.717, 1.165) is 44.1 Å². The lowest BCUT2D eigenvalue weighted by atomic mass is 10.2. The van der Waals surface area contributed by atoms with Gasteiger partial charge in [0.15, 0.2) is 11.5 Å². The monoisotopic (exact) mass is 297 g/mol. The summed E-state index contributed by atoms with van der Waals surface area (Å²) in [5, 5.41) is 16.7. The maximum atomic E-state index is 13.2. The summed E-state index contributed by atoms with van der Waals surface area (Å²) in [6.07, 6.45) is 0. The van der Waals surface area contributed by atoms with E-state index in [1.165, 1.54) is 6.07 Å². The van der Waals surface area contributed by atoms with Crippen LogP contribution < -0.4 is 4.90 Å². The van der Waals surface area contributed by atoms with Gasteiger partial charge in [0.05, 0.1) is 0 Å². The highest BCUT2D eigenvalue weighted by atomic mass is 19.1. The Bertz CT molecular complexity index is 672. The first-order valence-corrected chi connectivity index (χ1v) is 7.20. The molecule has 2 aromatic rings. The summed E-state index contributed by atoms with van der Waals surface area (Å²) in [6.45, 7) is 4.22. The number of halogens is 1. The van der Waals surface area contributed by atoms with Crippen molar-refractivity contribution in [1.82, 2.24) is 15.1 Å². The summed E-state index contributed by atoms with van der Waals surface area (Å²) in [5.74, 6) is 0.605. The molecule has 112 valence electrons. The molecule has 0 aliphatic carbocycles. The summed E-state index contributed by atoms with van der Waals surface area (Å²) >= 11 is 0. The molecule has 0 bridgehead atoms. The maximum absolute atomic E-state index is 13.2. The molecular weight excluding hydrogens is 281 g/mol. The number of benzene rings is 1. The molecule has 1 aromatic carbocycles. The van der Waals surface area contributed by atoms with Crippen molar-refractivity contribution in [3.63, 3.8) is 0 Å².